The number of carboxylic acids is 1. The lowest BCUT2D eigenvalue weighted by molar-refractivity contribution is -0.138. The van der Waals surface area contributed by atoms with Crippen molar-refractivity contribution in [1.82, 2.24) is 5.32 Å². The highest BCUT2D eigenvalue weighted by Crippen LogP contribution is 2.14. The number of amides is 1. The molecule has 0 aliphatic heterocycles. The Morgan fingerprint density at radius 2 is 2.00 bits per heavy atom. The Morgan fingerprint density at radius 1 is 1.32 bits per heavy atom. The molecule has 0 heterocycles. The molecule has 104 valence electrons. The lowest BCUT2D eigenvalue weighted by Crippen LogP contribution is -2.36. The molecule has 7 heteroatoms. The Morgan fingerprint density at radius 3 is 2.53 bits per heavy atom. The summed E-state index contributed by atoms with van der Waals surface area (Å²) >= 11 is 4.00. The lowest BCUT2D eigenvalue weighted by Gasteiger charge is -2.14. The standard InChI is InChI=1S/C12H13F2NO3S/c13-9-2-1-7(4-10(9)14)3-8(6-19)12(18)15-5-11(16)17/h1-2,4,8,19H,3,5-6H2,(H,15,18)(H,16,17). The molecule has 0 aliphatic carbocycles. The molecular formula is C12H13F2NO3S. The number of carbonyl (C=O) groups excluding carboxylic acids is 1. The average Bonchev–Trinajstić information content (AvgIpc) is 2.37. The van der Waals surface area contributed by atoms with Gasteiger partial charge in [-0.15, -0.1) is 0 Å². The van der Waals surface area contributed by atoms with Crippen LogP contribution >= 0.6 is 12.6 Å². The summed E-state index contributed by atoms with van der Waals surface area (Å²) in [5.41, 5.74) is 0.448. The molecule has 1 aromatic carbocycles. The van der Waals surface area contributed by atoms with Gasteiger partial charge < -0.3 is 10.4 Å². The van der Waals surface area contributed by atoms with E-state index < -0.39 is 36.0 Å². The maximum atomic E-state index is 13.0. The highest BCUT2D eigenvalue weighted by atomic mass is 32.1. The number of thiol groups is 1. The minimum Gasteiger partial charge on any atom is -0.480 e. The molecule has 0 radical (unpaired) electrons. The van der Waals surface area contributed by atoms with Crippen molar-refractivity contribution >= 4 is 24.5 Å². The third-order valence-corrected chi connectivity index (χ3v) is 2.91. The number of nitrogens with one attached hydrogen (secondary N) is 1. The van der Waals surface area contributed by atoms with Crippen LogP contribution in [0.5, 0.6) is 0 Å². The Kier molecular flexibility index (Phi) is 5.75. The molecule has 0 aromatic heterocycles. The molecule has 1 rings (SSSR count). The van der Waals surface area contributed by atoms with E-state index >= 15 is 0 Å². The van der Waals surface area contributed by atoms with Gasteiger partial charge in [0.05, 0.1) is 5.92 Å². The van der Waals surface area contributed by atoms with E-state index in [9.17, 15) is 18.4 Å². The van der Waals surface area contributed by atoms with Gasteiger partial charge in [0, 0.05) is 5.75 Å². The van der Waals surface area contributed by atoms with Gasteiger partial charge in [0.25, 0.3) is 0 Å². The predicted octanol–water partition coefficient (Wildman–Crippen LogP) is 1.25. The molecular weight excluding hydrogens is 276 g/mol. The van der Waals surface area contributed by atoms with Gasteiger partial charge in [0.1, 0.15) is 6.54 Å². The van der Waals surface area contributed by atoms with Crippen LogP contribution in [0, 0.1) is 17.6 Å². The maximum absolute atomic E-state index is 13.0. The first-order valence-electron chi connectivity index (χ1n) is 5.48. The first kappa shape index (κ1) is 15.4. The van der Waals surface area contributed by atoms with Gasteiger partial charge in [-0.1, -0.05) is 6.07 Å². The van der Waals surface area contributed by atoms with Crippen LogP contribution in [0.15, 0.2) is 18.2 Å². The van der Waals surface area contributed by atoms with E-state index in [4.69, 9.17) is 5.11 Å². The van der Waals surface area contributed by atoms with E-state index in [0.717, 1.165) is 12.1 Å². The largest absolute Gasteiger partial charge is 0.480 e. The molecule has 0 spiro atoms. The summed E-state index contributed by atoms with van der Waals surface area (Å²) in [4.78, 5) is 22.0. The van der Waals surface area contributed by atoms with Gasteiger partial charge in [-0.25, -0.2) is 8.78 Å². The SMILES string of the molecule is O=C(O)CNC(=O)C(CS)Cc1ccc(F)c(F)c1. The summed E-state index contributed by atoms with van der Waals surface area (Å²) in [6, 6.07) is 3.37. The molecule has 0 bridgehead atoms. The minimum absolute atomic E-state index is 0.159. The Bertz CT molecular complexity index is 482. The molecule has 0 saturated heterocycles. The van der Waals surface area contributed by atoms with Gasteiger partial charge in [-0.05, 0) is 24.1 Å². The van der Waals surface area contributed by atoms with Crippen LogP contribution in [0.1, 0.15) is 5.56 Å². The van der Waals surface area contributed by atoms with E-state index in [2.05, 4.69) is 17.9 Å². The fourth-order valence-corrected chi connectivity index (χ4v) is 1.79. The summed E-state index contributed by atoms with van der Waals surface area (Å²) in [5.74, 6) is -4.01. The molecule has 2 N–H and O–H groups in total. The van der Waals surface area contributed by atoms with Crippen LogP contribution in [-0.2, 0) is 16.0 Å². The van der Waals surface area contributed by atoms with Crippen molar-refractivity contribution in [2.45, 2.75) is 6.42 Å². The van der Waals surface area contributed by atoms with E-state index in [0.29, 0.717) is 5.56 Å². The number of hydrogen-bond donors (Lipinski definition) is 3. The van der Waals surface area contributed by atoms with Gasteiger partial charge in [0.15, 0.2) is 11.6 Å². The number of aliphatic carboxylic acids is 1. The number of carboxylic acid groups (broad SMARTS) is 1. The predicted molar refractivity (Wildman–Crippen MR) is 68.1 cm³/mol. The zero-order valence-corrected chi connectivity index (χ0v) is 10.8. The average molecular weight is 289 g/mol. The molecule has 19 heavy (non-hydrogen) atoms. The van der Waals surface area contributed by atoms with E-state index in [1.807, 2.05) is 0 Å². The molecule has 1 unspecified atom stereocenters. The van der Waals surface area contributed by atoms with Crippen LogP contribution in [0.2, 0.25) is 0 Å². The van der Waals surface area contributed by atoms with Crippen molar-refractivity contribution in [2.24, 2.45) is 5.92 Å². The molecule has 1 amide bonds. The summed E-state index contributed by atoms with van der Waals surface area (Å²) in [6.45, 7) is -0.485. The second-order valence-electron chi connectivity index (χ2n) is 3.94. The lowest BCUT2D eigenvalue weighted by atomic mass is 10.00. The quantitative estimate of drug-likeness (QED) is 0.691. The van der Waals surface area contributed by atoms with Crippen LogP contribution in [-0.4, -0.2) is 29.3 Å². The number of halogens is 2. The smallest absolute Gasteiger partial charge is 0.322 e. The Labute approximate surface area is 114 Å². The molecule has 4 nitrogen and oxygen atoms in total. The van der Waals surface area contributed by atoms with Crippen LogP contribution in [0.4, 0.5) is 8.78 Å². The number of rotatable bonds is 6. The van der Waals surface area contributed by atoms with Crippen LogP contribution in [0.3, 0.4) is 0 Å². The summed E-state index contributed by atoms with van der Waals surface area (Å²) in [5, 5.41) is 10.7. The highest BCUT2D eigenvalue weighted by molar-refractivity contribution is 7.80. The molecule has 0 aliphatic rings. The maximum Gasteiger partial charge on any atom is 0.322 e. The topological polar surface area (TPSA) is 66.4 Å². The Balaban J connectivity index is 2.67. The second-order valence-corrected chi connectivity index (χ2v) is 4.31. The van der Waals surface area contributed by atoms with Crippen molar-refractivity contribution in [3.63, 3.8) is 0 Å². The van der Waals surface area contributed by atoms with Gasteiger partial charge in [0.2, 0.25) is 5.91 Å². The molecule has 1 atom stereocenters. The van der Waals surface area contributed by atoms with E-state index in [1.165, 1.54) is 6.07 Å². The van der Waals surface area contributed by atoms with Crippen molar-refractivity contribution in [2.75, 3.05) is 12.3 Å². The zero-order valence-electron chi connectivity index (χ0n) is 9.90. The fraction of sp³-hybridized carbons (Fsp3) is 0.333. The van der Waals surface area contributed by atoms with Gasteiger partial charge in [-0.3, -0.25) is 9.59 Å². The normalized spacial score (nSPS) is 11.9. The van der Waals surface area contributed by atoms with Gasteiger partial charge in [-0.2, -0.15) is 12.6 Å². The first-order chi connectivity index (χ1) is 8.93. The summed E-state index contributed by atoms with van der Waals surface area (Å²) < 4.78 is 25.8. The second kappa shape index (κ2) is 7.08. The van der Waals surface area contributed by atoms with Crippen LogP contribution in [0.25, 0.3) is 0 Å². The molecule has 0 saturated carbocycles. The monoisotopic (exact) mass is 289 g/mol. The first-order valence-corrected chi connectivity index (χ1v) is 6.11. The fourth-order valence-electron chi connectivity index (χ4n) is 1.50. The summed E-state index contributed by atoms with van der Waals surface area (Å²) in [6.07, 6.45) is 0.159. The van der Waals surface area contributed by atoms with E-state index in [-0.39, 0.29) is 12.2 Å². The third kappa shape index (κ3) is 4.86. The van der Waals surface area contributed by atoms with Crippen molar-refractivity contribution in [1.29, 1.82) is 0 Å². The molecule has 0 fully saturated rings. The van der Waals surface area contributed by atoms with Crippen molar-refractivity contribution in [3.05, 3.63) is 35.4 Å². The third-order valence-electron chi connectivity index (χ3n) is 2.47. The van der Waals surface area contributed by atoms with Crippen LogP contribution < -0.4 is 5.32 Å². The number of benzene rings is 1. The van der Waals surface area contributed by atoms with Gasteiger partial charge >= 0.3 is 5.97 Å². The van der Waals surface area contributed by atoms with E-state index in [1.54, 1.807) is 0 Å². The molecule has 1 aromatic rings. The summed E-state index contributed by atoms with van der Waals surface area (Å²) in [7, 11) is 0. The zero-order chi connectivity index (χ0) is 14.4. The highest BCUT2D eigenvalue weighted by Gasteiger charge is 2.18. The minimum atomic E-state index is -1.15. The van der Waals surface area contributed by atoms with Crippen molar-refractivity contribution in [3.8, 4) is 0 Å². The number of hydrogen-bond acceptors (Lipinski definition) is 3. The number of carbonyl (C=O) groups is 2. The Hall–Kier alpha value is -1.63. The van der Waals surface area contributed by atoms with Crippen molar-refractivity contribution < 1.29 is 23.5 Å².